The van der Waals surface area contributed by atoms with Gasteiger partial charge in [-0.3, -0.25) is 4.98 Å². The van der Waals surface area contributed by atoms with Crippen LogP contribution in [0.3, 0.4) is 0 Å². The lowest BCUT2D eigenvalue weighted by atomic mass is 9.52. The van der Waals surface area contributed by atoms with Gasteiger partial charge in [0.25, 0.3) is 0 Å². The van der Waals surface area contributed by atoms with E-state index in [4.69, 9.17) is 0 Å². The first kappa shape index (κ1) is 11.9. The zero-order valence-corrected chi connectivity index (χ0v) is 11.6. The van der Waals surface area contributed by atoms with Crippen molar-refractivity contribution >= 4 is 0 Å². The van der Waals surface area contributed by atoms with E-state index in [0.29, 0.717) is 0 Å². The molecule has 1 N–H and O–H groups in total. The predicted octanol–water partition coefficient (Wildman–Crippen LogP) is 3.24. The van der Waals surface area contributed by atoms with Gasteiger partial charge in [0.15, 0.2) is 0 Å². The molecule has 1 aromatic heterocycles. The van der Waals surface area contributed by atoms with E-state index in [-0.39, 0.29) is 0 Å². The van der Waals surface area contributed by atoms with Crippen molar-refractivity contribution in [3.63, 3.8) is 0 Å². The highest BCUT2D eigenvalue weighted by Crippen LogP contribution is 2.56. The molecule has 0 unspecified atom stereocenters. The summed E-state index contributed by atoms with van der Waals surface area (Å²) < 4.78 is 0. The lowest BCUT2D eigenvalue weighted by molar-refractivity contribution is -0.0355. The van der Waals surface area contributed by atoms with Gasteiger partial charge in [-0.15, -0.1) is 0 Å². The number of hydrogen-bond donors (Lipinski definition) is 1. The monoisotopic (exact) mass is 256 g/mol. The minimum Gasteiger partial charge on any atom is -0.311 e. The van der Waals surface area contributed by atoms with Crippen molar-refractivity contribution in [3.8, 4) is 0 Å². The molecule has 4 aliphatic carbocycles. The molecular formula is C17H24N2. The van der Waals surface area contributed by atoms with Crippen LogP contribution in [0.25, 0.3) is 0 Å². The number of aromatic nitrogens is 1. The van der Waals surface area contributed by atoms with Crippen LogP contribution in [-0.2, 0) is 6.54 Å². The molecular weight excluding hydrogens is 232 g/mol. The molecule has 0 saturated heterocycles. The lowest BCUT2D eigenvalue weighted by Gasteiger charge is -2.54. The SMILES string of the molecule is c1ccc(CNCC2C3CC4CC(C3)CC2C4)nc1. The summed E-state index contributed by atoms with van der Waals surface area (Å²) in [7, 11) is 0. The van der Waals surface area contributed by atoms with Gasteiger partial charge in [0.05, 0.1) is 5.69 Å². The Hall–Kier alpha value is -0.890. The topological polar surface area (TPSA) is 24.9 Å². The Morgan fingerprint density at radius 2 is 1.74 bits per heavy atom. The van der Waals surface area contributed by atoms with Crippen molar-refractivity contribution in [1.29, 1.82) is 0 Å². The summed E-state index contributed by atoms with van der Waals surface area (Å²) in [6.07, 6.45) is 9.57. The van der Waals surface area contributed by atoms with Crippen LogP contribution in [0, 0.1) is 29.6 Å². The summed E-state index contributed by atoms with van der Waals surface area (Å²) >= 11 is 0. The molecule has 19 heavy (non-hydrogen) atoms. The lowest BCUT2D eigenvalue weighted by Crippen LogP contribution is -2.48. The highest BCUT2D eigenvalue weighted by Gasteiger charge is 2.47. The third-order valence-electron chi connectivity index (χ3n) is 5.83. The van der Waals surface area contributed by atoms with Crippen LogP contribution in [-0.4, -0.2) is 11.5 Å². The van der Waals surface area contributed by atoms with E-state index in [1.807, 2.05) is 12.3 Å². The number of rotatable bonds is 4. The summed E-state index contributed by atoms with van der Waals surface area (Å²) in [4.78, 5) is 4.39. The van der Waals surface area contributed by atoms with Gasteiger partial charge in [0.1, 0.15) is 0 Å². The Balaban J connectivity index is 1.34. The standard InChI is InChI=1S/C17H24N2/c1-2-4-19-16(3-1)10-18-11-17-14-6-12-5-13(8-14)9-15(17)7-12/h1-4,12-15,17-18H,5-11H2. The summed E-state index contributed by atoms with van der Waals surface area (Å²) in [5, 5.41) is 3.67. The van der Waals surface area contributed by atoms with Crippen LogP contribution in [0.1, 0.15) is 37.8 Å². The van der Waals surface area contributed by atoms with Gasteiger partial charge < -0.3 is 5.32 Å². The maximum atomic E-state index is 4.39. The molecule has 4 aliphatic rings. The first-order valence-corrected chi connectivity index (χ1v) is 7.99. The summed E-state index contributed by atoms with van der Waals surface area (Å²) in [5.74, 6) is 5.21. The average molecular weight is 256 g/mol. The number of pyridine rings is 1. The van der Waals surface area contributed by atoms with E-state index in [2.05, 4.69) is 22.4 Å². The van der Waals surface area contributed by atoms with Crippen LogP contribution in [0.15, 0.2) is 24.4 Å². The third-order valence-corrected chi connectivity index (χ3v) is 5.83. The van der Waals surface area contributed by atoms with E-state index in [1.165, 1.54) is 37.9 Å². The van der Waals surface area contributed by atoms with Gasteiger partial charge in [-0.2, -0.15) is 0 Å². The van der Waals surface area contributed by atoms with Crippen molar-refractivity contribution in [3.05, 3.63) is 30.1 Å². The maximum Gasteiger partial charge on any atom is 0.0541 e. The molecule has 102 valence electrons. The number of hydrogen-bond acceptors (Lipinski definition) is 2. The van der Waals surface area contributed by atoms with Gasteiger partial charge >= 0.3 is 0 Å². The minimum atomic E-state index is 0.934. The molecule has 0 spiro atoms. The normalized spacial score (nSPS) is 39.7. The quantitative estimate of drug-likeness (QED) is 0.894. The predicted molar refractivity (Wildman–Crippen MR) is 76.5 cm³/mol. The van der Waals surface area contributed by atoms with Crippen molar-refractivity contribution in [1.82, 2.24) is 10.3 Å². The van der Waals surface area contributed by atoms with E-state index in [0.717, 1.165) is 36.1 Å². The van der Waals surface area contributed by atoms with E-state index >= 15 is 0 Å². The fraction of sp³-hybridized carbons (Fsp3) is 0.706. The van der Waals surface area contributed by atoms with Crippen molar-refractivity contribution in [2.75, 3.05) is 6.54 Å². The van der Waals surface area contributed by atoms with E-state index in [9.17, 15) is 0 Å². The molecule has 2 heteroatoms. The van der Waals surface area contributed by atoms with Crippen molar-refractivity contribution < 1.29 is 0 Å². The van der Waals surface area contributed by atoms with Gasteiger partial charge in [-0.25, -0.2) is 0 Å². The Labute approximate surface area is 116 Å². The maximum absolute atomic E-state index is 4.39. The average Bonchev–Trinajstić information content (AvgIpc) is 2.42. The Kier molecular flexibility index (Phi) is 3.07. The molecule has 4 fully saturated rings. The highest BCUT2D eigenvalue weighted by molar-refractivity contribution is 5.03. The molecule has 5 rings (SSSR count). The number of nitrogens with one attached hydrogen (secondary N) is 1. The summed E-state index contributed by atoms with van der Waals surface area (Å²) in [6, 6.07) is 6.18. The Morgan fingerprint density at radius 1 is 1.00 bits per heavy atom. The van der Waals surface area contributed by atoms with Crippen LogP contribution in [0.2, 0.25) is 0 Å². The molecule has 1 heterocycles. The summed E-state index contributed by atoms with van der Waals surface area (Å²) in [5.41, 5.74) is 1.17. The van der Waals surface area contributed by atoms with Crippen molar-refractivity contribution in [2.45, 2.75) is 38.6 Å². The molecule has 0 atom stereocenters. The molecule has 4 bridgehead atoms. The zero-order chi connectivity index (χ0) is 12.7. The molecule has 0 aliphatic heterocycles. The fourth-order valence-corrected chi connectivity index (χ4v) is 5.24. The number of nitrogens with zero attached hydrogens (tertiary/aromatic N) is 1. The van der Waals surface area contributed by atoms with Gasteiger partial charge in [-0.05, 0) is 80.4 Å². The van der Waals surface area contributed by atoms with Crippen LogP contribution in [0.5, 0.6) is 0 Å². The van der Waals surface area contributed by atoms with Gasteiger partial charge in [0, 0.05) is 12.7 Å². The molecule has 0 amide bonds. The second-order valence-corrected chi connectivity index (χ2v) is 7.05. The molecule has 2 nitrogen and oxygen atoms in total. The second-order valence-electron chi connectivity index (χ2n) is 7.05. The smallest absolute Gasteiger partial charge is 0.0541 e. The largest absolute Gasteiger partial charge is 0.311 e. The molecule has 0 radical (unpaired) electrons. The first-order valence-electron chi connectivity index (χ1n) is 7.99. The van der Waals surface area contributed by atoms with E-state index in [1.54, 1.807) is 6.42 Å². The van der Waals surface area contributed by atoms with Crippen LogP contribution in [0.4, 0.5) is 0 Å². The third kappa shape index (κ3) is 2.31. The zero-order valence-electron chi connectivity index (χ0n) is 11.6. The summed E-state index contributed by atoms with van der Waals surface area (Å²) in [6.45, 7) is 2.15. The van der Waals surface area contributed by atoms with Crippen LogP contribution < -0.4 is 5.32 Å². The Morgan fingerprint density at radius 3 is 2.37 bits per heavy atom. The second kappa shape index (κ2) is 4.90. The van der Waals surface area contributed by atoms with Crippen LogP contribution >= 0.6 is 0 Å². The fourth-order valence-electron chi connectivity index (χ4n) is 5.24. The van der Waals surface area contributed by atoms with E-state index < -0.39 is 0 Å². The highest BCUT2D eigenvalue weighted by atomic mass is 14.9. The first-order chi connectivity index (χ1) is 9.38. The van der Waals surface area contributed by atoms with Crippen molar-refractivity contribution in [2.24, 2.45) is 29.6 Å². The molecule has 0 aromatic carbocycles. The van der Waals surface area contributed by atoms with Gasteiger partial charge in [-0.1, -0.05) is 6.07 Å². The minimum absolute atomic E-state index is 0.934. The Bertz CT molecular complexity index is 400. The molecule has 1 aromatic rings. The van der Waals surface area contributed by atoms with Gasteiger partial charge in [0.2, 0.25) is 0 Å². The molecule has 4 saturated carbocycles.